The van der Waals surface area contributed by atoms with Crippen LogP contribution in [0.25, 0.3) is 0 Å². The van der Waals surface area contributed by atoms with E-state index in [4.69, 9.17) is 0 Å². The molecule has 0 spiro atoms. The number of nitrogens with one attached hydrogen (secondary N) is 3. The monoisotopic (exact) mass is 472 g/mol. The molecule has 3 rings (SSSR count). The minimum absolute atomic E-state index is 0.0185. The van der Waals surface area contributed by atoms with Crippen LogP contribution in [0.5, 0.6) is 0 Å². The standard InChI is InChI=1S/C23H28N4O5S/c1-16(26-33(31,32)21-12-10-20(11-13-21)24-17(2)28)23(30)27-14-6-7-18(15-27)22(29)25-19-8-4-3-5-9-19/h3-5,8-13,16,18,26H,6-7,14-15H2,1-2H3,(H,24,28)(H,25,29). The second-order valence-corrected chi connectivity index (χ2v) is 9.74. The highest BCUT2D eigenvalue weighted by atomic mass is 32.2. The van der Waals surface area contributed by atoms with Gasteiger partial charge in [-0.3, -0.25) is 14.4 Å². The Morgan fingerprint density at radius 1 is 0.970 bits per heavy atom. The molecule has 2 aromatic carbocycles. The zero-order valence-electron chi connectivity index (χ0n) is 18.6. The molecule has 0 aliphatic carbocycles. The van der Waals surface area contributed by atoms with E-state index in [0.717, 1.165) is 0 Å². The van der Waals surface area contributed by atoms with Crippen molar-refractivity contribution >= 4 is 39.1 Å². The first-order chi connectivity index (χ1) is 15.7. The summed E-state index contributed by atoms with van der Waals surface area (Å²) in [5.74, 6) is -1.18. The van der Waals surface area contributed by atoms with Gasteiger partial charge in [0.1, 0.15) is 0 Å². The molecule has 176 valence electrons. The van der Waals surface area contributed by atoms with Crippen LogP contribution in [-0.2, 0) is 24.4 Å². The summed E-state index contributed by atoms with van der Waals surface area (Å²) in [5.41, 5.74) is 1.16. The summed E-state index contributed by atoms with van der Waals surface area (Å²) in [7, 11) is -3.95. The van der Waals surface area contributed by atoms with Crippen LogP contribution in [-0.4, -0.2) is 50.2 Å². The maximum Gasteiger partial charge on any atom is 0.241 e. The van der Waals surface area contributed by atoms with Crippen molar-refractivity contribution in [3.63, 3.8) is 0 Å². The third kappa shape index (κ3) is 6.62. The number of anilines is 2. The number of likely N-dealkylation sites (tertiary alicyclic amines) is 1. The van der Waals surface area contributed by atoms with Crippen molar-refractivity contribution in [3.8, 4) is 0 Å². The fourth-order valence-corrected chi connectivity index (χ4v) is 4.90. The summed E-state index contributed by atoms with van der Waals surface area (Å²) in [4.78, 5) is 38.2. The van der Waals surface area contributed by atoms with E-state index >= 15 is 0 Å². The number of carbonyl (C=O) groups is 3. The number of piperidine rings is 1. The van der Waals surface area contributed by atoms with Gasteiger partial charge in [-0.15, -0.1) is 0 Å². The number of hydrogen-bond donors (Lipinski definition) is 3. The van der Waals surface area contributed by atoms with Crippen LogP contribution in [0.2, 0.25) is 0 Å². The first-order valence-electron chi connectivity index (χ1n) is 10.7. The molecule has 1 saturated heterocycles. The van der Waals surface area contributed by atoms with Gasteiger partial charge in [0, 0.05) is 31.4 Å². The Kier molecular flexibility index (Phi) is 7.83. The number of carbonyl (C=O) groups excluding carboxylic acids is 3. The van der Waals surface area contributed by atoms with Gasteiger partial charge >= 0.3 is 0 Å². The van der Waals surface area contributed by atoms with Crippen LogP contribution in [0.4, 0.5) is 11.4 Å². The van der Waals surface area contributed by atoms with E-state index in [1.165, 1.54) is 43.0 Å². The van der Waals surface area contributed by atoms with E-state index in [0.29, 0.717) is 30.8 Å². The Labute approximate surface area is 193 Å². The van der Waals surface area contributed by atoms with Crippen molar-refractivity contribution in [3.05, 3.63) is 54.6 Å². The molecule has 1 fully saturated rings. The quantitative estimate of drug-likeness (QED) is 0.570. The second kappa shape index (κ2) is 10.6. The van der Waals surface area contributed by atoms with Crippen molar-refractivity contribution in [2.75, 3.05) is 23.7 Å². The zero-order chi connectivity index (χ0) is 24.0. The van der Waals surface area contributed by atoms with Crippen LogP contribution in [0.15, 0.2) is 59.5 Å². The normalized spacial score (nSPS) is 17.2. The fourth-order valence-electron chi connectivity index (χ4n) is 3.70. The van der Waals surface area contributed by atoms with Crippen molar-refractivity contribution in [2.24, 2.45) is 5.92 Å². The van der Waals surface area contributed by atoms with E-state index in [-0.39, 0.29) is 35.1 Å². The Morgan fingerprint density at radius 3 is 2.24 bits per heavy atom. The minimum atomic E-state index is -3.95. The van der Waals surface area contributed by atoms with Crippen molar-refractivity contribution in [2.45, 2.75) is 37.6 Å². The molecular formula is C23H28N4O5S. The summed E-state index contributed by atoms with van der Waals surface area (Å²) < 4.78 is 27.8. The lowest BCUT2D eigenvalue weighted by molar-refractivity contribution is -0.135. The lowest BCUT2D eigenvalue weighted by Gasteiger charge is -2.33. The third-order valence-electron chi connectivity index (χ3n) is 5.33. The van der Waals surface area contributed by atoms with Gasteiger partial charge in [-0.1, -0.05) is 18.2 Å². The van der Waals surface area contributed by atoms with Gasteiger partial charge in [0.25, 0.3) is 0 Å². The predicted molar refractivity (Wildman–Crippen MR) is 125 cm³/mol. The lowest BCUT2D eigenvalue weighted by Crippen LogP contribution is -2.51. The number of nitrogens with zero attached hydrogens (tertiary/aromatic N) is 1. The number of rotatable bonds is 7. The summed E-state index contributed by atoms with van der Waals surface area (Å²) in [6.45, 7) is 3.54. The SMILES string of the molecule is CC(=O)Nc1ccc(S(=O)(=O)NC(C)C(=O)N2CCCC(C(=O)Nc3ccccc3)C2)cc1. The molecule has 0 aromatic heterocycles. The maximum absolute atomic E-state index is 12.9. The Hall–Kier alpha value is -3.24. The first kappa shape index (κ1) is 24.4. The predicted octanol–water partition coefficient (Wildman–Crippen LogP) is 2.19. The van der Waals surface area contributed by atoms with Gasteiger partial charge in [0.15, 0.2) is 0 Å². The summed E-state index contributed by atoms with van der Waals surface area (Å²) in [5, 5.41) is 5.43. The number of benzene rings is 2. The minimum Gasteiger partial charge on any atom is -0.341 e. The fraction of sp³-hybridized carbons (Fsp3) is 0.348. The number of amides is 3. The molecule has 3 amide bonds. The average Bonchev–Trinajstić information content (AvgIpc) is 2.79. The van der Waals surface area contributed by atoms with Crippen molar-refractivity contribution in [1.82, 2.24) is 9.62 Å². The van der Waals surface area contributed by atoms with E-state index in [2.05, 4.69) is 15.4 Å². The topological polar surface area (TPSA) is 125 Å². The molecule has 1 aliphatic heterocycles. The smallest absolute Gasteiger partial charge is 0.241 e. The van der Waals surface area contributed by atoms with Gasteiger partial charge in [0.05, 0.1) is 16.9 Å². The Bertz CT molecular complexity index is 1100. The van der Waals surface area contributed by atoms with Gasteiger partial charge in [-0.2, -0.15) is 4.72 Å². The molecule has 0 saturated carbocycles. The van der Waals surface area contributed by atoms with Gasteiger partial charge in [-0.05, 0) is 56.2 Å². The van der Waals surface area contributed by atoms with Gasteiger partial charge in [0.2, 0.25) is 27.7 Å². The molecule has 10 heteroatoms. The number of para-hydroxylation sites is 1. The highest BCUT2D eigenvalue weighted by Gasteiger charge is 2.32. The molecule has 2 atom stereocenters. The summed E-state index contributed by atoms with van der Waals surface area (Å²) >= 11 is 0. The van der Waals surface area contributed by atoms with Crippen LogP contribution in [0.3, 0.4) is 0 Å². The first-order valence-corrected chi connectivity index (χ1v) is 12.2. The molecule has 2 aromatic rings. The van der Waals surface area contributed by atoms with Crippen molar-refractivity contribution in [1.29, 1.82) is 0 Å². The molecule has 1 heterocycles. The molecule has 33 heavy (non-hydrogen) atoms. The maximum atomic E-state index is 12.9. The van der Waals surface area contributed by atoms with Crippen LogP contribution < -0.4 is 15.4 Å². The molecule has 0 bridgehead atoms. The molecule has 0 radical (unpaired) electrons. The van der Waals surface area contributed by atoms with Gasteiger partial charge < -0.3 is 15.5 Å². The molecule has 2 unspecified atom stereocenters. The summed E-state index contributed by atoms with van der Waals surface area (Å²) in [6, 6.07) is 13.8. The Morgan fingerprint density at radius 2 is 1.61 bits per heavy atom. The van der Waals surface area contributed by atoms with E-state index in [9.17, 15) is 22.8 Å². The van der Waals surface area contributed by atoms with E-state index < -0.39 is 16.1 Å². The van der Waals surface area contributed by atoms with Crippen LogP contribution >= 0.6 is 0 Å². The van der Waals surface area contributed by atoms with Gasteiger partial charge in [-0.25, -0.2) is 8.42 Å². The average molecular weight is 473 g/mol. The van der Waals surface area contributed by atoms with Crippen molar-refractivity contribution < 1.29 is 22.8 Å². The lowest BCUT2D eigenvalue weighted by atomic mass is 9.96. The highest BCUT2D eigenvalue weighted by Crippen LogP contribution is 2.20. The van der Waals surface area contributed by atoms with Crippen LogP contribution in [0, 0.1) is 5.92 Å². The summed E-state index contributed by atoms with van der Waals surface area (Å²) in [6.07, 6.45) is 1.31. The number of sulfonamides is 1. The molecule has 9 nitrogen and oxygen atoms in total. The zero-order valence-corrected chi connectivity index (χ0v) is 19.4. The highest BCUT2D eigenvalue weighted by molar-refractivity contribution is 7.89. The number of hydrogen-bond acceptors (Lipinski definition) is 5. The second-order valence-electron chi connectivity index (χ2n) is 8.03. The Balaban J connectivity index is 1.60. The molecular weight excluding hydrogens is 444 g/mol. The molecule has 3 N–H and O–H groups in total. The van der Waals surface area contributed by atoms with Crippen LogP contribution in [0.1, 0.15) is 26.7 Å². The third-order valence-corrected chi connectivity index (χ3v) is 6.89. The van der Waals surface area contributed by atoms with E-state index in [1.807, 2.05) is 18.2 Å². The molecule has 1 aliphatic rings. The largest absolute Gasteiger partial charge is 0.341 e. The van der Waals surface area contributed by atoms with E-state index in [1.54, 1.807) is 12.1 Å².